The third-order valence-electron chi connectivity index (χ3n) is 8.11. The highest BCUT2D eigenvalue weighted by Gasteiger charge is 2.28. The van der Waals surface area contributed by atoms with Crippen LogP contribution in [0.25, 0.3) is 22.8 Å². The van der Waals surface area contributed by atoms with Crippen molar-refractivity contribution in [3.05, 3.63) is 82.9 Å². The fraction of sp³-hybridized carbons (Fsp3) is 0.324. The van der Waals surface area contributed by atoms with E-state index >= 15 is 0 Å². The molecule has 0 saturated carbocycles. The molecule has 10 heteroatoms. The third-order valence-corrected chi connectivity index (χ3v) is 8.11. The minimum absolute atomic E-state index is 0.127. The number of rotatable bonds is 11. The molecule has 0 atom stereocenters. The molecule has 3 N–H and O–H groups in total. The molecule has 5 rings (SSSR count). The van der Waals surface area contributed by atoms with Crippen LogP contribution in [0.1, 0.15) is 70.1 Å². The highest BCUT2D eigenvalue weighted by atomic mass is 16.3. The zero-order valence-electron chi connectivity index (χ0n) is 25.6. The van der Waals surface area contributed by atoms with Gasteiger partial charge < -0.3 is 10.0 Å². The zero-order chi connectivity index (χ0) is 31.4. The summed E-state index contributed by atoms with van der Waals surface area (Å²) >= 11 is 0. The van der Waals surface area contributed by atoms with Gasteiger partial charge in [-0.3, -0.25) is 20.2 Å². The summed E-state index contributed by atoms with van der Waals surface area (Å²) in [6.07, 6.45) is 5.88. The lowest BCUT2D eigenvalue weighted by Gasteiger charge is -2.29. The molecule has 0 spiro atoms. The number of carbonyl (C=O) groups excluding carboxylic acids is 3. The molecule has 1 aromatic heterocycles. The Morgan fingerprint density at radius 1 is 0.909 bits per heavy atom. The van der Waals surface area contributed by atoms with E-state index in [4.69, 9.17) is 0 Å². The van der Waals surface area contributed by atoms with E-state index in [0.29, 0.717) is 24.3 Å². The van der Waals surface area contributed by atoms with Crippen molar-refractivity contribution in [2.45, 2.75) is 65.3 Å². The van der Waals surface area contributed by atoms with Crippen LogP contribution in [0.3, 0.4) is 0 Å². The van der Waals surface area contributed by atoms with E-state index in [1.165, 1.54) is 10.9 Å². The maximum Gasteiger partial charge on any atom is 0.328 e. The maximum atomic E-state index is 12.1. The van der Waals surface area contributed by atoms with Gasteiger partial charge in [-0.1, -0.05) is 64.3 Å². The summed E-state index contributed by atoms with van der Waals surface area (Å²) in [5.41, 5.74) is 5.18. The van der Waals surface area contributed by atoms with Gasteiger partial charge in [0, 0.05) is 24.3 Å². The summed E-state index contributed by atoms with van der Waals surface area (Å²) in [7, 11) is 0. The second-order valence-electron chi connectivity index (χ2n) is 11.7. The highest BCUT2D eigenvalue weighted by Crippen LogP contribution is 2.37. The number of benzene rings is 3. The van der Waals surface area contributed by atoms with Crippen molar-refractivity contribution in [1.29, 1.82) is 0 Å². The molecular weight excluding hydrogens is 556 g/mol. The maximum absolute atomic E-state index is 12.1. The number of carbonyl (C=O) groups is 3. The Morgan fingerprint density at radius 2 is 1.55 bits per heavy atom. The first-order valence-electron chi connectivity index (χ1n) is 15.0. The number of hydrogen-bond donors (Lipinski definition) is 3. The van der Waals surface area contributed by atoms with E-state index in [-0.39, 0.29) is 16.7 Å². The van der Waals surface area contributed by atoms with Crippen LogP contribution in [0.2, 0.25) is 0 Å². The van der Waals surface area contributed by atoms with Crippen molar-refractivity contribution < 1.29 is 19.5 Å². The number of imide groups is 2. The molecule has 0 radical (unpaired) electrons. The van der Waals surface area contributed by atoms with E-state index in [1.807, 2.05) is 49.4 Å². The molecule has 1 aliphatic heterocycles. The SMILES string of the molecule is CCCCCC(C)(C)c1cc(CN(CC)c2ccc(C=C3C(=O)NC(=O)NC3=O)cc2)c(O)c(-n2nc3ccccc3n2)c1. The van der Waals surface area contributed by atoms with Crippen LogP contribution in [-0.4, -0.2) is 44.5 Å². The van der Waals surface area contributed by atoms with Crippen LogP contribution in [-0.2, 0) is 21.5 Å². The van der Waals surface area contributed by atoms with Gasteiger partial charge in [-0.25, -0.2) is 4.79 Å². The molecule has 10 nitrogen and oxygen atoms in total. The molecule has 228 valence electrons. The molecule has 4 amide bonds. The number of amides is 4. The molecule has 0 unspecified atom stereocenters. The van der Waals surface area contributed by atoms with E-state index in [0.717, 1.165) is 53.5 Å². The predicted molar refractivity (Wildman–Crippen MR) is 171 cm³/mol. The Labute approximate surface area is 256 Å². The summed E-state index contributed by atoms with van der Waals surface area (Å²) < 4.78 is 0. The minimum atomic E-state index is -0.831. The molecule has 1 fully saturated rings. The van der Waals surface area contributed by atoms with Crippen molar-refractivity contribution in [1.82, 2.24) is 25.6 Å². The summed E-state index contributed by atoms with van der Waals surface area (Å²) in [4.78, 5) is 39.3. The smallest absolute Gasteiger partial charge is 0.328 e. The molecule has 0 aliphatic carbocycles. The highest BCUT2D eigenvalue weighted by molar-refractivity contribution is 6.31. The first-order valence-corrected chi connectivity index (χ1v) is 15.0. The average Bonchev–Trinajstić information content (AvgIpc) is 3.43. The van der Waals surface area contributed by atoms with Crippen LogP contribution < -0.4 is 15.5 Å². The van der Waals surface area contributed by atoms with Crippen LogP contribution in [0, 0.1) is 0 Å². The summed E-state index contributed by atoms with van der Waals surface area (Å²) in [5.74, 6) is -1.34. The molecule has 1 saturated heterocycles. The van der Waals surface area contributed by atoms with Crippen LogP contribution in [0.15, 0.2) is 66.2 Å². The Hall–Kier alpha value is -4.99. The lowest BCUT2D eigenvalue weighted by atomic mass is 9.79. The lowest BCUT2D eigenvalue weighted by molar-refractivity contribution is -0.123. The van der Waals surface area contributed by atoms with Gasteiger partial charge in [0.1, 0.15) is 28.0 Å². The number of phenols is 1. The lowest BCUT2D eigenvalue weighted by Crippen LogP contribution is -2.51. The van der Waals surface area contributed by atoms with E-state index in [2.05, 4.69) is 52.6 Å². The van der Waals surface area contributed by atoms with Crippen LogP contribution >= 0.6 is 0 Å². The van der Waals surface area contributed by atoms with Gasteiger partial charge >= 0.3 is 6.03 Å². The number of urea groups is 1. The average molecular weight is 595 g/mol. The Bertz CT molecular complexity index is 1680. The largest absolute Gasteiger partial charge is 0.505 e. The van der Waals surface area contributed by atoms with Gasteiger partial charge in [0.15, 0.2) is 0 Å². The van der Waals surface area contributed by atoms with Crippen molar-refractivity contribution in [2.75, 3.05) is 11.4 Å². The first-order chi connectivity index (χ1) is 21.1. The molecule has 44 heavy (non-hydrogen) atoms. The predicted octanol–water partition coefficient (Wildman–Crippen LogP) is 5.76. The van der Waals surface area contributed by atoms with Crippen molar-refractivity contribution in [2.24, 2.45) is 0 Å². The Kier molecular flexibility index (Phi) is 8.80. The molecule has 1 aliphatic rings. The number of fused-ring (bicyclic) bond motifs is 1. The van der Waals surface area contributed by atoms with Gasteiger partial charge in [-0.05, 0) is 72.4 Å². The number of hydrogen-bond acceptors (Lipinski definition) is 7. The fourth-order valence-corrected chi connectivity index (χ4v) is 5.42. The minimum Gasteiger partial charge on any atom is -0.505 e. The van der Waals surface area contributed by atoms with Crippen LogP contribution in [0.5, 0.6) is 5.75 Å². The van der Waals surface area contributed by atoms with Crippen molar-refractivity contribution in [3.8, 4) is 11.4 Å². The van der Waals surface area contributed by atoms with E-state index in [9.17, 15) is 19.5 Å². The summed E-state index contributed by atoms with van der Waals surface area (Å²) in [6.45, 7) is 9.82. The van der Waals surface area contributed by atoms with E-state index in [1.54, 1.807) is 12.1 Å². The zero-order valence-corrected chi connectivity index (χ0v) is 25.6. The number of unbranched alkanes of at least 4 members (excludes halogenated alkanes) is 2. The van der Waals surface area contributed by atoms with Gasteiger partial charge in [0.2, 0.25) is 0 Å². The monoisotopic (exact) mass is 594 g/mol. The fourth-order valence-electron chi connectivity index (χ4n) is 5.42. The normalized spacial score (nSPS) is 13.6. The number of aromatic nitrogens is 3. The third kappa shape index (κ3) is 6.49. The number of nitrogens with zero attached hydrogens (tertiary/aromatic N) is 4. The van der Waals surface area contributed by atoms with Crippen molar-refractivity contribution >= 4 is 40.6 Å². The number of nitrogens with one attached hydrogen (secondary N) is 2. The Balaban J connectivity index is 1.48. The number of aromatic hydroxyl groups is 1. The Morgan fingerprint density at radius 3 is 2.14 bits per heavy atom. The summed E-state index contributed by atoms with van der Waals surface area (Å²) in [6, 6.07) is 18.3. The number of phenolic OH excluding ortho intramolecular Hbond substituents is 1. The van der Waals surface area contributed by atoms with Crippen LogP contribution in [0.4, 0.5) is 10.5 Å². The standard InChI is InChI=1S/C34H38N6O4/c1-5-7-10-17-34(3,4)24-19-23(30(41)29(20-24)40-37-27-11-8-9-12-28(27)38-40)21-39(6-2)25-15-13-22(14-16-25)18-26-31(42)35-33(44)36-32(26)43/h8-9,11-16,18-20,41H,5-7,10,17,21H2,1-4H3,(H2,35,36,42,43,44). The first kappa shape index (κ1) is 30.5. The number of anilines is 1. The second kappa shape index (κ2) is 12.7. The van der Waals surface area contributed by atoms with Crippen molar-refractivity contribution in [3.63, 3.8) is 0 Å². The van der Waals surface area contributed by atoms with Gasteiger partial charge in [0.05, 0.1) is 0 Å². The molecule has 4 aromatic rings. The molecule has 3 aromatic carbocycles. The number of barbiturate groups is 1. The molecule has 2 heterocycles. The van der Waals surface area contributed by atoms with E-state index < -0.39 is 17.8 Å². The van der Waals surface area contributed by atoms with Gasteiger partial charge in [-0.15, -0.1) is 15.0 Å². The topological polar surface area (TPSA) is 129 Å². The van der Waals surface area contributed by atoms with Gasteiger partial charge in [0.25, 0.3) is 11.8 Å². The van der Waals surface area contributed by atoms with Gasteiger partial charge in [-0.2, -0.15) is 0 Å². The second-order valence-corrected chi connectivity index (χ2v) is 11.7. The molecule has 0 bridgehead atoms. The molecular formula is C34H38N6O4. The summed E-state index contributed by atoms with van der Waals surface area (Å²) in [5, 5.41) is 25.1. The quantitative estimate of drug-likeness (QED) is 0.114.